The van der Waals surface area contributed by atoms with E-state index in [-0.39, 0.29) is 0 Å². The van der Waals surface area contributed by atoms with Crippen molar-refractivity contribution in [3.63, 3.8) is 0 Å². The van der Waals surface area contributed by atoms with Crippen LogP contribution < -0.4 is 4.74 Å². The molecule has 1 N–H and O–H groups in total. The number of aliphatic hydroxyl groups is 1. The topological polar surface area (TPSA) is 53.2 Å². The van der Waals surface area contributed by atoms with Crippen LogP contribution in [-0.4, -0.2) is 5.11 Å². The van der Waals surface area contributed by atoms with Gasteiger partial charge < -0.3 is 9.84 Å². The number of aliphatic hydroxyl groups excluding tert-OH is 1. The van der Waals surface area contributed by atoms with Crippen molar-refractivity contribution in [1.29, 1.82) is 5.26 Å². The fourth-order valence-corrected chi connectivity index (χ4v) is 1.64. The predicted molar refractivity (Wildman–Crippen MR) is 68.3 cm³/mol. The highest BCUT2D eigenvalue weighted by molar-refractivity contribution is 5.41. The maximum atomic E-state index is 9.64. The van der Waals surface area contributed by atoms with E-state index in [1.165, 1.54) is 0 Å². The molecular weight excluding hydrogens is 226 g/mol. The van der Waals surface area contributed by atoms with Crippen LogP contribution in [0, 0.1) is 11.3 Å². The summed E-state index contributed by atoms with van der Waals surface area (Å²) in [6.07, 6.45) is -0.584. The fraction of sp³-hybridized carbons (Fsp3) is 0.133. The van der Waals surface area contributed by atoms with Gasteiger partial charge in [0.2, 0.25) is 0 Å². The van der Waals surface area contributed by atoms with Crippen LogP contribution >= 0.6 is 0 Å². The summed E-state index contributed by atoms with van der Waals surface area (Å²) in [6, 6.07) is 16.2. The molecule has 0 fully saturated rings. The summed E-state index contributed by atoms with van der Waals surface area (Å²) in [4.78, 5) is 0. The SMILES string of the molecule is C[C@H](O)c1ccccc1Oc1ccc(C#N)cc1. The molecule has 0 amide bonds. The maximum absolute atomic E-state index is 9.64. The van der Waals surface area contributed by atoms with Gasteiger partial charge in [-0.05, 0) is 37.3 Å². The summed E-state index contributed by atoms with van der Waals surface area (Å²) in [5.74, 6) is 1.26. The molecule has 0 bridgehead atoms. The third-order valence-corrected chi connectivity index (χ3v) is 2.58. The molecule has 2 aromatic carbocycles. The quantitative estimate of drug-likeness (QED) is 0.893. The zero-order valence-electron chi connectivity index (χ0n) is 10.00. The van der Waals surface area contributed by atoms with Crippen LogP contribution in [-0.2, 0) is 0 Å². The fourth-order valence-electron chi connectivity index (χ4n) is 1.64. The number of para-hydroxylation sites is 1. The summed E-state index contributed by atoms with van der Waals surface area (Å²) in [7, 11) is 0. The molecule has 2 aromatic rings. The van der Waals surface area contributed by atoms with Gasteiger partial charge in [-0.25, -0.2) is 0 Å². The molecule has 0 spiro atoms. The van der Waals surface area contributed by atoms with E-state index in [0.29, 0.717) is 17.1 Å². The van der Waals surface area contributed by atoms with E-state index >= 15 is 0 Å². The van der Waals surface area contributed by atoms with Crippen LogP contribution in [0.2, 0.25) is 0 Å². The zero-order valence-corrected chi connectivity index (χ0v) is 10.00. The number of hydrogen-bond acceptors (Lipinski definition) is 3. The van der Waals surface area contributed by atoms with Gasteiger partial charge in [0.15, 0.2) is 0 Å². The molecular formula is C15H13NO2. The highest BCUT2D eigenvalue weighted by Crippen LogP contribution is 2.29. The van der Waals surface area contributed by atoms with Crippen molar-refractivity contribution in [3.8, 4) is 17.6 Å². The van der Waals surface area contributed by atoms with Crippen LogP contribution in [0.3, 0.4) is 0 Å². The Morgan fingerprint density at radius 3 is 2.39 bits per heavy atom. The van der Waals surface area contributed by atoms with Gasteiger partial charge in [0.05, 0.1) is 17.7 Å². The van der Waals surface area contributed by atoms with Gasteiger partial charge in [-0.1, -0.05) is 18.2 Å². The van der Waals surface area contributed by atoms with E-state index < -0.39 is 6.10 Å². The number of ether oxygens (including phenoxy) is 1. The standard InChI is InChI=1S/C15H13NO2/c1-11(17)14-4-2-3-5-15(14)18-13-8-6-12(10-16)7-9-13/h2-9,11,17H,1H3/t11-/m0/s1. The number of nitriles is 1. The van der Waals surface area contributed by atoms with E-state index in [1.807, 2.05) is 18.2 Å². The lowest BCUT2D eigenvalue weighted by Gasteiger charge is -2.12. The Labute approximate surface area is 106 Å². The van der Waals surface area contributed by atoms with E-state index in [4.69, 9.17) is 10.00 Å². The average molecular weight is 239 g/mol. The lowest BCUT2D eigenvalue weighted by atomic mass is 10.1. The first-order valence-corrected chi connectivity index (χ1v) is 5.65. The smallest absolute Gasteiger partial charge is 0.133 e. The molecule has 0 saturated carbocycles. The summed E-state index contributed by atoms with van der Waals surface area (Å²) < 4.78 is 5.70. The highest BCUT2D eigenvalue weighted by atomic mass is 16.5. The number of nitrogens with zero attached hydrogens (tertiary/aromatic N) is 1. The second kappa shape index (κ2) is 5.35. The maximum Gasteiger partial charge on any atom is 0.133 e. The predicted octanol–water partition coefficient (Wildman–Crippen LogP) is 3.40. The molecule has 0 heterocycles. The minimum absolute atomic E-state index is 0.584. The number of benzene rings is 2. The summed E-state index contributed by atoms with van der Waals surface area (Å²) in [5.41, 5.74) is 1.33. The van der Waals surface area contributed by atoms with Crippen LogP contribution in [0.15, 0.2) is 48.5 Å². The summed E-state index contributed by atoms with van der Waals surface area (Å²) >= 11 is 0. The minimum atomic E-state index is -0.584. The van der Waals surface area contributed by atoms with Gasteiger partial charge in [-0.2, -0.15) is 5.26 Å². The average Bonchev–Trinajstić information content (AvgIpc) is 2.40. The highest BCUT2D eigenvalue weighted by Gasteiger charge is 2.08. The molecule has 18 heavy (non-hydrogen) atoms. The van der Waals surface area contributed by atoms with Crippen molar-refractivity contribution in [1.82, 2.24) is 0 Å². The Kier molecular flexibility index (Phi) is 3.61. The Morgan fingerprint density at radius 1 is 1.11 bits per heavy atom. The van der Waals surface area contributed by atoms with Crippen molar-refractivity contribution in [2.45, 2.75) is 13.0 Å². The number of hydrogen-bond donors (Lipinski definition) is 1. The molecule has 3 heteroatoms. The molecule has 90 valence electrons. The van der Waals surface area contributed by atoms with E-state index in [0.717, 1.165) is 5.56 Å². The van der Waals surface area contributed by atoms with Crippen LogP contribution in [0.1, 0.15) is 24.2 Å². The third kappa shape index (κ3) is 2.68. The lowest BCUT2D eigenvalue weighted by Crippen LogP contribution is -1.95. The van der Waals surface area contributed by atoms with Crippen molar-refractivity contribution >= 4 is 0 Å². The Bertz CT molecular complexity index is 568. The molecule has 3 nitrogen and oxygen atoms in total. The first-order chi connectivity index (χ1) is 8.70. The second-order valence-electron chi connectivity index (χ2n) is 3.95. The Hall–Kier alpha value is -2.31. The van der Waals surface area contributed by atoms with Crippen molar-refractivity contribution in [2.75, 3.05) is 0 Å². The third-order valence-electron chi connectivity index (χ3n) is 2.58. The normalized spacial score (nSPS) is 11.6. The second-order valence-corrected chi connectivity index (χ2v) is 3.95. The molecule has 0 aliphatic rings. The van der Waals surface area contributed by atoms with E-state index in [1.54, 1.807) is 37.3 Å². The largest absolute Gasteiger partial charge is 0.457 e. The van der Waals surface area contributed by atoms with E-state index in [9.17, 15) is 5.11 Å². The monoisotopic (exact) mass is 239 g/mol. The number of rotatable bonds is 3. The molecule has 2 rings (SSSR count). The van der Waals surface area contributed by atoms with Gasteiger partial charge in [0.25, 0.3) is 0 Å². The molecule has 1 atom stereocenters. The first-order valence-electron chi connectivity index (χ1n) is 5.65. The molecule has 0 saturated heterocycles. The first kappa shape index (κ1) is 12.2. The zero-order chi connectivity index (χ0) is 13.0. The van der Waals surface area contributed by atoms with Gasteiger partial charge >= 0.3 is 0 Å². The summed E-state index contributed by atoms with van der Waals surface area (Å²) in [6.45, 7) is 1.70. The van der Waals surface area contributed by atoms with Crippen LogP contribution in [0.5, 0.6) is 11.5 Å². The van der Waals surface area contributed by atoms with E-state index in [2.05, 4.69) is 6.07 Å². The van der Waals surface area contributed by atoms with Crippen molar-refractivity contribution in [2.24, 2.45) is 0 Å². The van der Waals surface area contributed by atoms with Gasteiger partial charge in [-0.15, -0.1) is 0 Å². The van der Waals surface area contributed by atoms with Crippen LogP contribution in [0.25, 0.3) is 0 Å². The molecule has 0 aromatic heterocycles. The molecule has 0 aliphatic heterocycles. The molecule has 0 radical (unpaired) electrons. The molecule has 0 aliphatic carbocycles. The molecule has 0 unspecified atom stereocenters. The van der Waals surface area contributed by atoms with Gasteiger partial charge in [0, 0.05) is 5.56 Å². The Morgan fingerprint density at radius 2 is 1.78 bits per heavy atom. The Balaban J connectivity index is 2.26. The van der Waals surface area contributed by atoms with Gasteiger partial charge in [-0.3, -0.25) is 0 Å². The lowest BCUT2D eigenvalue weighted by molar-refractivity contribution is 0.195. The van der Waals surface area contributed by atoms with Crippen LogP contribution in [0.4, 0.5) is 0 Å². The minimum Gasteiger partial charge on any atom is -0.457 e. The van der Waals surface area contributed by atoms with Gasteiger partial charge in [0.1, 0.15) is 11.5 Å². The van der Waals surface area contributed by atoms with Crippen molar-refractivity contribution in [3.05, 3.63) is 59.7 Å². The summed E-state index contributed by atoms with van der Waals surface area (Å²) in [5, 5.41) is 18.4. The van der Waals surface area contributed by atoms with Crippen molar-refractivity contribution < 1.29 is 9.84 Å².